The molecule has 1 aliphatic rings. The van der Waals surface area contributed by atoms with Crippen LogP contribution in [0.4, 0.5) is 0 Å². The molecule has 1 aromatic carbocycles. The van der Waals surface area contributed by atoms with Gasteiger partial charge in [-0.25, -0.2) is 18.4 Å². The second-order valence-corrected chi connectivity index (χ2v) is 12.8. The van der Waals surface area contributed by atoms with E-state index in [0.717, 1.165) is 53.9 Å². The summed E-state index contributed by atoms with van der Waals surface area (Å²) < 4.78 is 27.9. The lowest BCUT2D eigenvalue weighted by Gasteiger charge is -2.31. The maximum Gasteiger partial charge on any atom is 0.150 e. The van der Waals surface area contributed by atoms with E-state index in [0.29, 0.717) is 17.5 Å². The molecule has 6 rings (SSSR count). The number of hydrogen-bond donors (Lipinski definition) is 0. The van der Waals surface area contributed by atoms with Gasteiger partial charge in [0, 0.05) is 59.3 Å². The molecule has 186 valence electrons. The van der Waals surface area contributed by atoms with E-state index in [4.69, 9.17) is 4.98 Å². The van der Waals surface area contributed by atoms with Gasteiger partial charge in [0.15, 0.2) is 0 Å². The van der Waals surface area contributed by atoms with Crippen molar-refractivity contribution in [2.45, 2.75) is 25.3 Å². The van der Waals surface area contributed by atoms with Gasteiger partial charge in [0.1, 0.15) is 21.3 Å². The Labute approximate surface area is 214 Å². The van der Waals surface area contributed by atoms with Crippen LogP contribution in [-0.2, 0) is 23.3 Å². The minimum Gasteiger partial charge on any atom is -0.351 e. The molecule has 1 saturated heterocycles. The number of benzene rings is 1. The lowest BCUT2D eigenvalue weighted by Crippen LogP contribution is -2.39. The highest BCUT2D eigenvalue weighted by Gasteiger charge is 2.26. The zero-order chi connectivity index (χ0) is 24.9. The van der Waals surface area contributed by atoms with Crippen LogP contribution in [0.1, 0.15) is 18.4 Å². The highest BCUT2D eigenvalue weighted by atomic mass is 32.2. The monoisotopic (exact) mass is 519 g/mol. The fraction of sp³-hybridized carbons (Fsp3) is 0.333. The van der Waals surface area contributed by atoms with Crippen LogP contribution in [0.25, 0.3) is 39.0 Å². The maximum atomic E-state index is 11.8. The summed E-state index contributed by atoms with van der Waals surface area (Å²) in [7, 11) is 1.32. The normalized spacial score (nSPS) is 16.4. The van der Waals surface area contributed by atoms with Gasteiger partial charge in [-0.05, 0) is 62.2 Å². The lowest BCUT2D eigenvalue weighted by atomic mass is 10.1. The van der Waals surface area contributed by atoms with Crippen molar-refractivity contribution >= 4 is 43.1 Å². The molecule has 0 atom stereocenters. The van der Waals surface area contributed by atoms with Gasteiger partial charge in [-0.2, -0.15) is 0 Å². The Bertz CT molecular complexity index is 1640. The summed E-state index contributed by atoms with van der Waals surface area (Å²) in [5, 5.41) is 4.38. The van der Waals surface area contributed by atoms with Gasteiger partial charge in [0.05, 0.1) is 22.7 Å². The number of thiazole rings is 1. The third-order valence-electron chi connectivity index (χ3n) is 7.46. The van der Waals surface area contributed by atoms with Crippen molar-refractivity contribution < 1.29 is 8.42 Å². The van der Waals surface area contributed by atoms with Crippen LogP contribution in [0.3, 0.4) is 0 Å². The number of aromatic nitrogens is 4. The number of fused-ring (bicyclic) bond motifs is 2. The average Bonchev–Trinajstić information content (AvgIpc) is 3.61. The van der Waals surface area contributed by atoms with Gasteiger partial charge < -0.3 is 9.47 Å². The first-order chi connectivity index (χ1) is 17.4. The zero-order valence-corrected chi connectivity index (χ0v) is 22.1. The highest BCUT2D eigenvalue weighted by molar-refractivity contribution is 7.91. The molecule has 9 heteroatoms. The van der Waals surface area contributed by atoms with Crippen LogP contribution in [0.2, 0.25) is 0 Å². The Balaban J connectivity index is 1.32. The van der Waals surface area contributed by atoms with Crippen LogP contribution in [-0.4, -0.2) is 63.6 Å². The number of nitrogens with zero attached hydrogens (tertiary/aromatic N) is 5. The van der Waals surface area contributed by atoms with Crippen molar-refractivity contribution in [3.8, 4) is 17.1 Å². The number of aryl methyl sites for hydroxylation is 1. The minimum absolute atomic E-state index is 0.298. The van der Waals surface area contributed by atoms with Crippen molar-refractivity contribution in [2.24, 2.45) is 7.05 Å². The number of likely N-dealkylation sites (N-methyl/N-ethyl adjacent to an activating group) is 1. The van der Waals surface area contributed by atoms with Gasteiger partial charge in [0.25, 0.3) is 0 Å². The van der Waals surface area contributed by atoms with E-state index >= 15 is 0 Å². The van der Waals surface area contributed by atoms with E-state index in [-0.39, 0.29) is 0 Å². The summed E-state index contributed by atoms with van der Waals surface area (Å²) in [5.41, 5.74) is 7.22. The third kappa shape index (κ3) is 4.36. The lowest BCUT2D eigenvalue weighted by molar-refractivity contribution is 0.229. The van der Waals surface area contributed by atoms with E-state index in [1.807, 2.05) is 10.9 Å². The van der Waals surface area contributed by atoms with Crippen molar-refractivity contribution in [2.75, 3.05) is 25.1 Å². The zero-order valence-electron chi connectivity index (χ0n) is 20.5. The molecule has 36 heavy (non-hydrogen) atoms. The second kappa shape index (κ2) is 9.14. The van der Waals surface area contributed by atoms with Gasteiger partial charge in [0.2, 0.25) is 0 Å². The smallest absolute Gasteiger partial charge is 0.150 e. The van der Waals surface area contributed by atoms with E-state index in [2.05, 4.69) is 81.9 Å². The molecular formula is C27H29N5O2S2. The van der Waals surface area contributed by atoms with Crippen molar-refractivity contribution in [1.29, 1.82) is 0 Å². The van der Waals surface area contributed by atoms with E-state index in [1.54, 1.807) is 11.3 Å². The standard InChI is InChI=1S/C27H29N5O2S2/c1-30(22-9-13-36(33,34)14-10-22)11-8-21-16-32(26-17-35-18-28-26)27-23(21)4-5-24(29-27)19-3-6-25-20(15-19)7-12-31(25)2/h3-7,12,15-18,22H,8-11,13-14H2,1-2H3. The first kappa shape index (κ1) is 23.4. The summed E-state index contributed by atoms with van der Waals surface area (Å²) in [5.74, 6) is 1.48. The number of sulfone groups is 1. The fourth-order valence-electron chi connectivity index (χ4n) is 5.27. The summed E-state index contributed by atoms with van der Waals surface area (Å²) >= 11 is 1.57. The molecule has 0 spiro atoms. The van der Waals surface area contributed by atoms with Gasteiger partial charge in [-0.1, -0.05) is 6.07 Å². The summed E-state index contributed by atoms with van der Waals surface area (Å²) in [6, 6.07) is 13.2. The van der Waals surface area contributed by atoms with Crippen molar-refractivity contribution in [1.82, 2.24) is 24.0 Å². The number of hydrogen-bond acceptors (Lipinski definition) is 6. The van der Waals surface area contributed by atoms with E-state index in [9.17, 15) is 8.42 Å². The summed E-state index contributed by atoms with van der Waals surface area (Å²) in [6.07, 6.45) is 6.54. The van der Waals surface area contributed by atoms with E-state index in [1.165, 1.54) is 16.5 Å². The quantitative estimate of drug-likeness (QED) is 0.325. The Hall–Kier alpha value is -3.01. The highest BCUT2D eigenvalue weighted by Crippen LogP contribution is 2.30. The predicted octanol–water partition coefficient (Wildman–Crippen LogP) is 4.69. The molecule has 7 nitrogen and oxygen atoms in total. The second-order valence-electron chi connectivity index (χ2n) is 9.75. The van der Waals surface area contributed by atoms with Gasteiger partial charge >= 0.3 is 0 Å². The van der Waals surface area contributed by atoms with Crippen LogP contribution < -0.4 is 0 Å². The SMILES string of the molecule is CN(CCc1cn(-c2cscn2)c2nc(-c3ccc4c(ccn4C)c3)ccc12)C1CCS(=O)(=O)CC1. The maximum absolute atomic E-state index is 11.8. The van der Waals surface area contributed by atoms with Crippen molar-refractivity contribution in [3.63, 3.8) is 0 Å². The van der Waals surface area contributed by atoms with Crippen LogP contribution in [0.5, 0.6) is 0 Å². The molecule has 1 fully saturated rings. The summed E-state index contributed by atoms with van der Waals surface area (Å²) in [6.45, 7) is 0.868. The fourth-order valence-corrected chi connectivity index (χ4v) is 7.26. The molecule has 0 unspecified atom stereocenters. The Kier molecular flexibility index (Phi) is 5.94. The predicted molar refractivity (Wildman–Crippen MR) is 147 cm³/mol. The topological polar surface area (TPSA) is 73.0 Å². The Morgan fingerprint density at radius 3 is 2.75 bits per heavy atom. The molecule has 5 heterocycles. The molecule has 0 N–H and O–H groups in total. The Morgan fingerprint density at radius 2 is 1.97 bits per heavy atom. The molecule has 4 aromatic heterocycles. The van der Waals surface area contributed by atoms with Gasteiger partial charge in [-0.15, -0.1) is 11.3 Å². The van der Waals surface area contributed by atoms with Gasteiger partial charge in [-0.3, -0.25) is 4.57 Å². The van der Waals surface area contributed by atoms with Crippen LogP contribution >= 0.6 is 11.3 Å². The van der Waals surface area contributed by atoms with Crippen LogP contribution in [0, 0.1) is 0 Å². The van der Waals surface area contributed by atoms with Crippen LogP contribution in [0.15, 0.2) is 59.7 Å². The molecule has 0 saturated carbocycles. The van der Waals surface area contributed by atoms with Crippen molar-refractivity contribution in [3.05, 3.63) is 65.2 Å². The molecule has 0 radical (unpaired) electrons. The molecule has 0 aliphatic carbocycles. The first-order valence-electron chi connectivity index (χ1n) is 12.2. The van der Waals surface area contributed by atoms with E-state index < -0.39 is 9.84 Å². The first-order valence-corrected chi connectivity index (χ1v) is 15.0. The molecule has 5 aromatic rings. The number of rotatable bonds is 6. The largest absolute Gasteiger partial charge is 0.351 e. The number of pyridine rings is 1. The summed E-state index contributed by atoms with van der Waals surface area (Å²) in [4.78, 5) is 12.0. The minimum atomic E-state index is -2.85. The molecular weight excluding hydrogens is 490 g/mol. The third-order valence-corrected chi connectivity index (χ3v) is 9.75. The Morgan fingerprint density at radius 1 is 1.14 bits per heavy atom. The molecule has 0 amide bonds. The average molecular weight is 520 g/mol. The molecule has 1 aliphatic heterocycles. The molecule has 0 bridgehead atoms.